The van der Waals surface area contributed by atoms with Gasteiger partial charge >= 0.3 is 0 Å². The van der Waals surface area contributed by atoms with Gasteiger partial charge in [-0.2, -0.15) is 0 Å². The molecule has 158 valence electrons. The molecular weight excluding hydrogens is 382 g/mol. The van der Waals surface area contributed by atoms with Crippen molar-refractivity contribution in [2.75, 3.05) is 44.7 Å². The maximum absolute atomic E-state index is 12.4. The Morgan fingerprint density at radius 2 is 1.66 bits per heavy atom. The predicted octanol–water partition coefficient (Wildman–Crippen LogP) is 3.11. The van der Waals surface area contributed by atoms with Gasteiger partial charge in [-0.05, 0) is 62.6 Å². The topological polar surface area (TPSA) is 52.7 Å². The molecule has 0 bridgehead atoms. The van der Waals surface area contributed by atoms with Crippen molar-refractivity contribution in [3.8, 4) is 0 Å². The first-order valence-corrected chi connectivity index (χ1v) is 12.0. The molecule has 0 saturated carbocycles. The number of benzene rings is 2. The van der Waals surface area contributed by atoms with E-state index in [1.807, 2.05) is 32.0 Å². The Hall–Kier alpha value is -1.89. The van der Waals surface area contributed by atoms with E-state index in [0.717, 1.165) is 55.7 Å². The van der Waals surface area contributed by atoms with Crippen molar-refractivity contribution in [1.82, 2.24) is 9.62 Å². The van der Waals surface area contributed by atoms with Crippen LogP contribution in [-0.4, -0.2) is 53.1 Å². The molecule has 1 aliphatic rings. The lowest BCUT2D eigenvalue weighted by Crippen LogP contribution is -2.44. The molecule has 5 nitrogen and oxygen atoms in total. The zero-order valence-corrected chi connectivity index (χ0v) is 18.6. The number of anilines is 1. The van der Waals surface area contributed by atoms with Gasteiger partial charge in [0.05, 0.1) is 5.75 Å². The summed E-state index contributed by atoms with van der Waals surface area (Å²) in [6, 6.07) is 14.6. The van der Waals surface area contributed by atoms with Crippen molar-refractivity contribution >= 4 is 15.7 Å². The van der Waals surface area contributed by atoms with Gasteiger partial charge in [0.25, 0.3) is 0 Å². The summed E-state index contributed by atoms with van der Waals surface area (Å²) in [7, 11) is -1.15. The second-order valence-electron chi connectivity index (χ2n) is 8.14. The fourth-order valence-corrected chi connectivity index (χ4v) is 4.95. The highest BCUT2D eigenvalue weighted by atomic mass is 32.2. The number of nitrogens with one attached hydrogen (secondary N) is 1. The van der Waals surface area contributed by atoms with Gasteiger partial charge in [0, 0.05) is 38.4 Å². The summed E-state index contributed by atoms with van der Waals surface area (Å²) in [6.07, 6.45) is 1.66. The van der Waals surface area contributed by atoms with E-state index >= 15 is 0 Å². The average molecular weight is 416 g/mol. The molecule has 0 aromatic heterocycles. The summed E-state index contributed by atoms with van der Waals surface area (Å²) in [5.74, 6) is 0.0419. The Kier molecular flexibility index (Phi) is 7.33. The molecule has 1 saturated heterocycles. The van der Waals surface area contributed by atoms with Gasteiger partial charge in [0.1, 0.15) is 0 Å². The highest BCUT2D eigenvalue weighted by Gasteiger charge is 2.14. The predicted molar refractivity (Wildman–Crippen MR) is 121 cm³/mol. The lowest BCUT2D eigenvalue weighted by Gasteiger charge is -2.34. The van der Waals surface area contributed by atoms with Crippen LogP contribution in [0.2, 0.25) is 0 Å². The third-order valence-corrected chi connectivity index (χ3v) is 6.95. The molecule has 2 aromatic carbocycles. The first-order valence-electron chi connectivity index (χ1n) is 10.4. The molecule has 0 radical (unpaired) electrons. The Bertz CT molecular complexity index is 902. The summed E-state index contributed by atoms with van der Waals surface area (Å²) in [4.78, 5) is 4.78. The minimum absolute atomic E-state index is 0.0419. The molecule has 0 spiro atoms. The highest BCUT2D eigenvalue weighted by molar-refractivity contribution is 7.88. The SMILES string of the molecule is Cc1ccc(C)c(CS(=O)(=O)NCCCc2ccc(N3CCN(C)CC3)cc2)c1. The van der Waals surface area contributed by atoms with Crippen LogP contribution >= 0.6 is 0 Å². The van der Waals surface area contributed by atoms with Gasteiger partial charge in [0.15, 0.2) is 0 Å². The van der Waals surface area contributed by atoms with Gasteiger partial charge in [-0.3, -0.25) is 0 Å². The second kappa shape index (κ2) is 9.74. The minimum atomic E-state index is -3.31. The maximum atomic E-state index is 12.4. The van der Waals surface area contributed by atoms with Crippen LogP contribution in [0.4, 0.5) is 5.69 Å². The molecule has 29 heavy (non-hydrogen) atoms. The molecule has 6 heteroatoms. The van der Waals surface area contributed by atoms with Crippen LogP contribution in [0, 0.1) is 13.8 Å². The number of hydrogen-bond acceptors (Lipinski definition) is 4. The smallest absolute Gasteiger partial charge is 0.215 e. The largest absolute Gasteiger partial charge is 0.369 e. The van der Waals surface area contributed by atoms with Crippen LogP contribution in [-0.2, 0) is 22.2 Å². The summed E-state index contributed by atoms with van der Waals surface area (Å²) in [5.41, 5.74) is 5.49. The first kappa shape index (κ1) is 21.8. The first-order chi connectivity index (χ1) is 13.8. The highest BCUT2D eigenvalue weighted by Crippen LogP contribution is 2.18. The van der Waals surface area contributed by atoms with Crippen LogP contribution in [0.15, 0.2) is 42.5 Å². The van der Waals surface area contributed by atoms with Crippen molar-refractivity contribution in [3.05, 3.63) is 64.7 Å². The van der Waals surface area contributed by atoms with Crippen molar-refractivity contribution in [1.29, 1.82) is 0 Å². The monoisotopic (exact) mass is 415 g/mol. The van der Waals surface area contributed by atoms with E-state index in [2.05, 4.69) is 45.8 Å². The van der Waals surface area contributed by atoms with Gasteiger partial charge < -0.3 is 9.80 Å². The van der Waals surface area contributed by atoms with E-state index in [1.165, 1.54) is 11.3 Å². The summed E-state index contributed by atoms with van der Waals surface area (Å²) in [6.45, 7) is 8.74. The number of sulfonamides is 1. The van der Waals surface area contributed by atoms with E-state index in [-0.39, 0.29) is 5.75 Å². The molecule has 0 atom stereocenters. The molecule has 1 fully saturated rings. The molecule has 0 amide bonds. The van der Waals surface area contributed by atoms with Crippen LogP contribution < -0.4 is 9.62 Å². The number of likely N-dealkylation sites (N-methyl/N-ethyl adjacent to an activating group) is 1. The zero-order valence-electron chi connectivity index (χ0n) is 17.8. The van der Waals surface area contributed by atoms with Crippen molar-refractivity contribution in [2.24, 2.45) is 0 Å². The molecule has 0 aliphatic carbocycles. The number of aryl methyl sites for hydroxylation is 3. The van der Waals surface area contributed by atoms with Crippen molar-refractivity contribution in [3.63, 3.8) is 0 Å². The van der Waals surface area contributed by atoms with Crippen molar-refractivity contribution < 1.29 is 8.42 Å². The molecule has 1 aliphatic heterocycles. The van der Waals surface area contributed by atoms with Gasteiger partial charge in [-0.25, -0.2) is 13.1 Å². The lowest BCUT2D eigenvalue weighted by molar-refractivity contribution is 0.313. The number of nitrogens with zero attached hydrogens (tertiary/aromatic N) is 2. The van der Waals surface area contributed by atoms with E-state index in [4.69, 9.17) is 0 Å². The van der Waals surface area contributed by atoms with E-state index in [9.17, 15) is 8.42 Å². The molecule has 1 heterocycles. The molecule has 2 aromatic rings. The summed E-state index contributed by atoms with van der Waals surface area (Å²) >= 11 is 0. The van der Waals surface area contributed by atoms with Gasteiger partial charge in [-0.1, -0.05) is 35.9 Å². The Labute approximate surface area is 175 Å². The van der Waals surface area contributed by atoms with Crippen LogP contribution in [0.5, 0.6) is 0 Å². The lowest BCUT2D eigenvalue weighted by atomic mass is 10.1. The van der Waals surface area contributed by atoms with Gasteiger partial charge in [-0.15, -0.1) is 0 Å². The summed E-state index contributed by atoms with van der Waals surface area (Å²) in [5, 5.41) is 0. The normalized spacial score (nSPS) is 15.6. The van der Waals surface area contributed by atoms with E-state index < -0.39 is 10.0 Å². The molecule has 1 N–H and O–H groups in total. The van der Waals surface area contributed by atoms with Gasteiger partial charge in [0.2, 0.25) is 10.0 Å². The number of piperazine rings is 1. The fourth-order valence-electron chi connectivity index (χ4n) is 3.67. The van der Waals surface area contributed by atoms with Crippen LogP contribution in [0.3, 0.4) is 0 Å². The van der Waals surface area contributed by atoms with Crippen molar-refractivity contribution in [2.45, 2.75) is 32.4 Å². The third kappa shape index (κ3) is 6.56. The maximum Gasteiger partial charge on any atom is 0.215 e. The third-order valence-electron chi connectivity index (χ3n) is 5.62. The Morgan fingerprint density at radius 1 is 0.966 bits per heavy atom. The van der Waals surface area contributed by atoms with E-state index in [1.54, 1.807) is 0 Å². The number of rotatable bonds is 8. The molecular formula is C23H33N3O2S. The zero-order chi connectivity index (χ0) is 20.9. The Morgan fingerprint density at radius 3 is 2.34 bits per heavy atom. The molecule has 0 unspecified atom stereocenters. The summed E-state index contributed by atoms with van der Waals surface area (Å²) < 4.78 is 27.5. The Balaban J connectivity index is 1.44. The average Bonchev–Trinajstić information content (AvgIpc) is 2.69. The minimum Gasteiger partial charge on any atom is -0.369 e. The standard InChI is InChI=1S/C23H33N3O2S/c1-19-6-7-20(2)22(17-19)18-29(27,28)24-12-4-5-21-8-10-23(11-9-21)26-15-13-25(3)14-16-26/h6-11,17,24H,4-5,12-16,18H2,1-3H3. The quantitative estimate of drug-likeness (QED) is 0.673. The van der Waals surface area contributed by atoms with Crippen LogP contribution in [0.25, 0.3) is 0 Å². The second-order valence-corrected chi connectivity index (χ2v) is 9.95. The fraction of sp³-hybridized carbons (Fsp3) is 0.478. The number of hydrogen-bond donors (Lipinski definition) is 1. The van der Waals surface area contributed by atoms with E-state index in [0.29, 0.717) is 6.54 Å². The van der Waals surface area contributed by atoms with Crippen LogP contribution in [0.1, 0.15) is 28.7 Å². The molecule has 3 rings (SSSR count).